The molecule has 2 saturated carbocycles. The topological polar surface area (TPSA) is 78.3 Å². The van der Waals surface area contributed by atoms with Crippen LogP contribution in [-0.4, -0.2) is 69.6 Å². The number of amides is 1. The van der Waals surface area contributed by atoms with Gasteiger partial charge in [-0.15, -0.1) is 0 Å². The third kappa shape index (κ3) is 4.20. The van der Waals surface area contributed by atoms with Gasteiger partial charge >= 0.3 is 0 Å². The summed E-state index contributed by atoms with van der Waals surface area (Å²) in [6.07, 6.45) is 12.3. The predicted molar refractivity (Wildman–Crippen MR) is 163 cm³/mol. The normalized spacial score (nSPS) is 26.1. The van der Waals surface area contributed by atoms with Crippen LogP contribution in [-0.2, 0) is 10.2 Å². The van der Waals surface area contributed by atoms with E-state index in [1.165, 1.54) is 50.8 Å². The summed E-state index contributed by atoms with van der Waals surface area (Å²) in [6.45, 7) is 8.62. The van der Waals surface area contributed by atoms with Crippen molar-refractivity contribution in [2.75, 3.05) is 36.4 Å². The van der Waals surface area contributed by atoms with E-state index in [0.29, 0.717) is 30.1 Å². The SMILES string of the molecule is CC(C)n1cnc2cc(-c3ccc4c(c3)N([C@H]3C[C@@H](N5CCCCC5)C3)C(=O)C43CCNCC3)nc(NC3CC3)c21. The molecule has 8 heteroatoms. The first-order chi connectivity index (χ1) is 20.0. The standard InChI is InChI=1S/C33H43N7O/c1-21(2)39-20-35-28-19-27(37-31(30(28)39)36-23-7-8-23)22-6-9-26-29(16-22)40(32(41)33(26)10-12-34-13-11-33)25-17-24(18-25)38-14-4-3-5-15-38/h6,9,16,19-21,23-25,34H,3-5,7-8,10-15,17-18H2,1-2H3,(H,36,37)/t24-,25+. The number of carbonyl (C=O) groups excluding carboxylic acids is 1. The zero-order valence-corrected chi connectivity index (χ0v) is 24.5. The number of likely N-dealkylation sites (tertiary alicyclic amines) is 1. The smallest absolute Gasteiger partial charge is 0.238 e. The molecule has 2 aliphatic carbocycles. The number of rotatable bonds is 6. The number of fused-ring (bicyclic) bond motifs is 3. The molecule has 0 atom stereocenters. The van der Waals surface area contributed by atoms with E-state index in [-0.39, 0.29) is 5.41 Å². The van der Waals surface area contributed by atoms with Crippen LogP contribution in [0.3, 0.4) is 0 Å². The number of nitrogens with zero attached hydrogens (tertiary/aromatic N) is 5. The van der Waals surface area contributed by atoms with Gasteiger partial charge in [-0.05, 0) is 109 Å². The van der Waals surface area contributed by atoms with Gasteiger partial charge in [-0.1, -0.05) is 18.6 Å². The Kier molecular flexibility index (Phi) is 6.15. The fourth-order valence-electron chi connectivity index (χ4n) is 7.92. The highest BCUT2D eigenvalue weighted by Crippen LogP contribution is 2.51. The van der Waals surface area contributed by atoms with E-state index in [1.807, 2.05) is 6.33 Å². The van der Waals surface area contributed by atoms with Crippen molar-refractivity contribution >= 4 is 28.4 Å². The maximum absolute atomic E-state index is 14.4. The summed E-state index contributed by atoms with van der Waals surface area (Å²) in [5.74, 6) is 1.27. The molecule has 0 radical (unpaired) electrons. The van der Waals surface area contributed by atoms with Crippen LogP contribution < -0.4 is 15.5 Å². The molecule has 0 unspecified atom stereocenters. The average molecular weight is 554 g/mol. The van der Waals surface area contributed by atoms with Crippen LogP contribution >= 0.6 is 0 Å². The molecule has 3 aromatic rings. The number of anilines is 2. The average Bonchev–Trinajstić information content (AvgIpc) is 3.63. The minimum Gasteiger partial charge on any atom is -0.366 e. The quantitative estimate of drug-likeness (QED) is 0.435. The van der Waals surface area contributed by atoms with Gasteiger partial charge in [0, 0.05) is 35.4 Å². The zero-order valence-electron chi connectivity index (χ0n) is 24.5. The first-order valence-corrected chi connectivity index (χ1v) is 16.1. The summed E-state index contributed by atoms with van der Waals surface area (Å²) >= 11 is 0. The molecule has 2 N–H and O–H groups in total. The Hall–Kier alpha value is -2.97. The Morgan fingerprint density at radius 1 is 1.02 bits per heavy atom. The highest BCUT2D eigenvalue weighted by molar-refractivity contribution is 6.09. The molecule has 5 heterocycles. The molecule has 1 aromatic carbocycles. The Morgan fingerprint density at radius 3 is 2.54 bits per heavy atom. The van der Waals surface area contributed by atoms with E-state index in [1.54, 1.807) is 0 Å². The maximum atomic E-state index is 14.4. The van der Waals surface area contributed by atoms with Gasteiger partial charge in [-0.25, -0.2) is 9.97 Å². The van der Waals surface area contributed by atoms with E-state index >= 15 is 0 Å². The monoisotopic (exact) mass is 553 g/mol. The summed E-state index contributed by atoms with van der Waals surface area (Å²) in [6, 6.07) is 10.6. The molecule has 216 valence electrons. The fraction of sp³-hybridized carbons (Fsp3) is 0.606. The number of nitrogens with one attached hydrogen (secondary N) is 2. The third-order valence-corrected chi connectivity index (χ3v) is 10.5. The van der Waals surface area contributed by atoms with Gasteiger partial charge in [0.2, 0.25) is 5.91 Å². The molecule has 41 heavy (non-hydrogen) atoms. The second-order valence-electron chi connectivity index (χ2n) is 13.5. The number of benzene rings is 1. The van der Waals surface area contributed by atoms with Gasteiger partial charge in [-0.2, -0.15) is 0 Å². The van der Waals surface area contributed by atoms with Crippen molar-refractivity contribution in [2.45, 2.75) is 101 Å². The summed E-state index contributed by atoms with van der Waals surface area (Å²) in [5.41, 5.74) is 6.02. The van der Waals surface area contributed by atoms with Gasteiger partial charge in [0.1, 0.15) is 5.52 Å². The number of carbonyl (C=O) groups is 1. The van der Waals surface area contributed by atoms with Crippen molar-refractivity contribution in [3.8, 4) is 11.3 Å². The summed E-state index contributed by atoms with van der Waals surface area (Å²) in [4.78, 5) is 29.3. The lowest BCUT2D eigenvalue weighted by Gasteiger charge is -2.48. The Balaban J connectivity index is 1.18. The summed E-state index contributed by atoms with van der Waals surface area (Å²) in [5, 5.41) is 7.19. The molecule has 0 bridgehead atoms. The molecule has 2 aromatic heterocycles. The van der Waals surface area contributed by atoms with Crippen molar-refractivity contribution < 1.29 is 4.79 Å². The van der Waals surface area contributed by atoms with E-state index in [4.69, 9.17) is 9.97 Å². The van der Waals surface area contributed by atoms with Crippen molar-refractivity contribution in [1.29, 1.82) is 0 Å². The number of aromatic nitrogens is 3. The van der Waals surface area contributed by atoms with Crippen LogP contribution in [0.25, 0.3) is 22.3 Å². The van der Waals surface area contributed by atoms with Crippen molar-refractivity contribution in [1.82, 2.24) is 24.8 Å². The molecular formula is C33H43N7O. The number of imidazole rings is 1. The van der Waals surface area contributed by atoms with Gasteiger partial charge in [0.15, 0.2) is 5.82 Å². The number of pyridine rings is 1. The molecule has 1 amide bonds. The van der Waals surface area contributed by atoms with Crippen LogP contribution in [0.4, 0.5) is 11.5 Å². The highest BCUT2D eigenvalue weighted by atomic mass is 16.2. The summed E-state index contributed by atoms with van der Waals surface area (Å²) in [7, 11) is 0. The van der Waals surface area contributed by atoms with E-state index < -0.39 is 0 Å². The molecular weight excluding hydrogens is 510 g/mol. The molecule has 2 saturated heterocycles. The first kappa shape index (κ1) is 25.7. The van der Waals surface area contributed by atoms with Gasteiger partial charge < -0.3 is 25.0 Å². The lowest BCUT2D eigenvalue weighted by Crippen LogP contribution is -2.58. The molecule has 3 aliphatic heterocycles. The highest BCUT2D eigenvalue weighted by Gasteiger charge is 2.54. The van der Waals surface area contributed by atoms with Crippen LogP contribution in [0.1, 0.15) is 83.2 Å². The van der Waals surface area contributed by atoms with Gasteiger partial charge in [-0.3, -0.25) is 4.79 Å². The second kappa shape index (κ2) is 9.80. The number of hydrogen-bond acceptors (Lipinski definition) is 6. The first-order valence-electron chi connectivity index (χ1n) is 16.1. The van der Waals surface area contributed by atoms with Gasteiger partial charge in [0.25, 0.3) is 0 Å². The Labute approximate surface area is 242 Å². The van der Waals surface area contributed by atoms with Crippen LogP contribution in [0.15, 0.2) is 30.6 Å². The summed E-state index contributed by atoms with van der Waals surface area (Å²) < 4.78 is 2.22. The zero-order chi connectivity index (χ0) is 27.7. The molecule has 8 rings (SSSR count). The fourth-order valence-corrected chi connectivity index (χ4v) is 7.92. The van der Waals surface area contributed by atoms with Crippen molar-refractivity contribution in [3.63, 3.8) is 0 Å². The van der Waals surface area contributed by atoms with E-state index in [9.17, 15) is 4.79 Å². The Bertz CT molecular complexity index is 1470. The molecule has 5 aliphatic rings. The third-order valence-electron chi connectivity index (χ3n) is 10.5. The van der Waals surface area contributed by atoms with Crippen LogP contribution in [0.5, 0.6) is 0 Å². The van der Waals surface area contributed by atoms with Crippen molar-refractivity contribution in [3.05, 3.63) is 36.2 Å². The van der Waals surface area contributed by atoms with Crippen molar-refractivity contribution in [2.24, 2.45) is 0 Å². The van der Waals surface area contributed by atoms with E-state index in [2.05, 4.69) is 63.1 Å². The van der Waals surface area contributed by atoms with Crippen LogP contribution in [0, 0.1) is 0 Å². The minimum atomic E-state index is -0.387. The second-order valence-corrected chi connectivity index (χ2v) is 13.5. The molecule has 1 spiro atoms. The lowest BCUT2D eigenvalue weighted by atomic mass is 9.74. The predicted octanol–water partition coefficient (Wildman–Crippen LogP) is 5.24. The lowest BCUT2D eigenvalue weighted by molar-refractivity contribution is -0.125. The molecule has 4 fully saturated rings. The largest absolute Gasteiger partial charge is 0.366 e. The minimum absolute atomic E-state index is 0.293. The van der Waals surface area contributed by atoms with E-state index in [0.717, 1.165) is 72.6 Å². The van der Waals surface area contributed by atoms with Crippen LogP contribution in [0.2, 0.25) is 0 Å². The number of hydrogen-bond donors (Lipinski definition) is 2. The van der Waals surface area contributed by atoms with Gasteiger partial charge in [0.05, 0.1) is 23.0 Å². The number of piperidine rings is 2. The maximum Gasteiger partial charge on any atom is 0.238 e. The Morgan fingerprint density at radius 2 is 1.80 bits per heavy atom. The molecule has 8 nitrogen and oxygen atoms in total.